The lowest BCUT2D eigenvalue weighted by molar-refractivity contribution is 0.229. The van der Waals surface area contributed by atoms with Gasteiger partial charge in [-0.2, -0.15) is 0 Å². The van der Waals surface area contributed by atoms with Crippen molar-refractivity contribution in [2.24, 2.45) is 0 Å². The van der Waals surface area contributed by atoms with Crippen molar-refractivity contribution in [3.05, 3.63) is 53.7 Å². The highest BCUT2D eigenvalue weighted by molar-refractivity contribution is 5.99. The lowest BCUT2D eigenvalue weighted by Crippen LogP contribution is -2.14. The van der Waals surface area contributed by atoms with Crippen LogP contribution in [0.1, 0.15) is 39.0 Å². The summed E-state index contributed by atoms with van der Waals surface area (Å²) >= 11 is 0. The van der Waals surface area contributed by atoms with Gasteiger partial charge in [0, 0.05) is 34.9 Å². The molecule has 234 valence electrons. The molecule has 9 nitrogen and oxygen atoms in total. The van der Waals surface area contributed by atoms with Crippen LogP contribution < -0.4 is 28.4 Å². The van der Waals surface area contributed by atoms with Crippen LogP contribution in [-0.4, -0.2) is 55.4 Å². The predicted molar refractivity (Wildman–Crippen MR) is 170 cm³/mol. The molecule has 0 unspecified atom stereocenters. The van der Waals surface area contributed by atoms with Gasteiger partial charge in [0.15, 0.2) is 34.5 Å². The van der Waals surface area contributed by atoms with Crippen molar-refractivity contribution in [2.45, 2.75) is 59.5 Å². The van der Waals surface area contributed by atoms with Crippen LogP contribution in [0.25, 0.3) is 33.5 Å². The van der Waals surface area contributed by atoms with Crippen LogP contribution in [0.4, 0.5) is 0 Å². The van der Waals surface area contributed by atoms with E-state index in [1.165, 1.54) is 0 Å². The average Bonchev–Trinajstić information content (AvgIpc) is 3.34. The highest BCUT2D eigenvalue weighted by atomic mass is 16.5. The highest BCUT2D eigenvalue weighted by Gasteiger charge is 2.32. The van der Waals surface area contributed by atoms with Crippen LogP contribution in [0.3, 0.4) is 0 Å². The monoisotopic (exact) mass is 603 g/mol. The Bertz CT molecular complexity index is 1670. The number of aryl methyl sites for hydroxylation is 1. The Hall–Kier alpha value is -4.50. The Morgan fingerprint density at radius 3 is 1.86 bits per heavy atom. The van der Waals surface area contributed by atoms with E-state index in [1.807, 2.05) is 58.0 Å². The number of aromatic hydroxyl groups is 1. The molecule has 9 heteroatoms. The van der Waals surface area contributed by atoms with Crippen molar-refractivity contribution in [1.29, 1.82) is 0 Å². The number of ether oxygens (including phenoxy) is 6. The quantitative estimate of drug-likeness (QED) is 0.192. The summed E-state index contributed by atoms with van der Waals surface area (Å²) in [5.41, 5.74) is 6.38. The minimum Gasteiger partial charge on any atom is -0.507 e. The van der Waals surface area contributed by atoms with E-state index in [1.54, 1.807) is 40.6 Å². The summed E-state index contributed by atoms with van der Waals surface area (Å²) in [5, 5.41) is 22.4. The van der Waals surface area contributed by atoms with E-state index in [-0.39, 0.29) is 24.6 Å². The SMILES string of the molecule is COc1cc2c(cc1OC)-c1c(-c3ccc(OC(C)C)c(OC)c3)c(-c3cc(OC)c(OC(C)C)cc3O)c(CO)n1CC2. The molecular formula is C35H41NO8. The topological polar surface area (TPSA) is 101 Å². The van der Waals surface area contributed by atoms with Crippen LogP contribution in [-0.2, 0) is 19.6 Å². The standard InChI is InChI=1S/C35H41NO8/c1-19(2)43-27-10-9-22(14-28(27)39-5)33-34(24-16-31(42-8)32(17-26(24)38)44-20(3)4)25(18-37)36-12-11-21-13-29(40-6)30(41-7)15-23(21)35(33)36/h9-10,13-17,19-20,37-38H,11-12,18H2,1-8H3. The van der Waals surface area contributed by atoms with Crippen LogP contribution in [0.2, 0.25) is 0 Å². The van der Waals surface area contributed by atoms with E-state index in [2.05, 4.69) is 4.57 Å². The van der Waals surface area contributed by atoms with Gasteiger partial charge in [0.2, 0.25) is 0 Å². The number of phenols is 1. The fourth-order valence-electron chi connectivity index (χ4n) is 5.94. The van der Waals surface area contributed by atoms with E-state index in [0.29, 0.717) is 64.3 Å². The number of rotatable bonds is 11. The summed E-state index contributed by atoms with van der Waals surface area (Å²) in [6, 6.07) is 13.1. The Labute approximate surface area is 258 Å². The third kappa shape index (κ3) is 5.48. The first-order chi connectivity index (χ1) is 21.1. The molecule has 0 spiro atoms. The van der Waals surface area contributed by atoms with Crippen molar-refractivity contribution < 1.29 is 38.6 Å². The molecule has 0 amide bonds. The minimum atomic E-state index is -0.261. The van der Waals surface area contributed by atoms with E-state index >= 15 is 0 Å². The summed E-state index contributed by atoms with van der Waals surface area (Å²) < 4.78 is 36.9. The van der Waals surface area contributed by atoms with Gasteiger partial charge in [-0.3, -0.25) is 0 Å². The number of nitrogens with zero attached hydrogens (tertiary/aromatic N) is 1. The molecule has 0 saturated carbocycles. The maximum absolute atomic E-state index is 11.5. The van der Waals surface area contributed by atoms with Crippen molar-refractivity contribution in [3.63, 3.8) is 0 Å². The summed E-state index contributed by atoms with van der Waals surface area (Å²) in [6.07, 6.45) is 0.547. The zero-order valence-corrected chi connectivity index (χ0v) is 26.6. The first-order valence-electron chi connectivity index (χ1n) is 14.7. The number of phenolic OH excluding ortho intramolecular Hbond substituents is 1. The number of benzene rings is 3. The lowest BCUT2D eigenvalue weighted by Gasteiger charge is -2.24. The van der Waals surface area contributed by atoms with E-state index < -0.39 is 0 Å². The smallest absolute Gasteiger partial charge is 0.165 e. The van der Waals surface area contributed by atoms with Crippen molar-refractivity contribution >= 4 is 0 Å². The van der Waals surface area contributed by atoms with E-state index in [4.69, 9.17) is 28.4 Å². The van der Waals surface area contributed by atoms with Gasteiger partial charge in [-0.15, -0.1) is 0 Å². The van der Waals surface area contributed by atoms with Gasteiger partial charge >= 0.3 is 0 Å². The Kier molecular flexibility index (Phi) is 8.87. The minimum absolute atomic E-state index is 0.000363. The van der Waals surface area contributed by atoms with Crippen molar-refractivity contribution in [2.75, 3.05) is 28.4 Å². The number of aromatic nitrogens is 1. The van der Waals surface area contributed by atoms with Gasteiger partial charge < -0.3 is 43.2 Å². The summed E-state index contributed by atoms with van der Waals surface area (Å²) in [7, 11) is 6.41. The zero-order chi connectivity index (χ0) is 31.7. The number of aliphatic hydroxyl groups is 1. The molecule has 1 aliphatic heterocycles. The second-order valence-corrected chi connectivity index (χ2v) is 11.2. The average molecular weight is 604 g/mol. The molecule has 4 aromatic rings. The van der Waals surface area contributed by atoms with E-state index in [9.17, 15) is 10.2 Å². The fourth-order valence-corrected chi connectivity index (χ4v) is 5.94. The fraction of sp³-hybridized carbons (Fsp3) is 0.371. The molecule has 3 aromatic carbocycles. The summed E-state index contributed by atoms with van der Waals surface area (Å²) in [4.78, 5) is 0. The van der Waals surface area contributed by atoms with Crippen molar-refractivity contribution in [3.8, 4) is 73.8 Å². The van der Waals surface area contributed by atoms with Crippen molar-refractivity contribution in [1.82, 2.24) is 4.57 Å². The van der Waals surface area contributed by atoms with Crippen LogP contribution >= 0.6 is 0 Å². The molecule has 5 rings (SSSR count). The molecule has 0 atom stereocenters. The molecule has 1 aromatic heterocycles. The molecule has 0 bridgehead atoms. The van der Waals surface area contributed by atoms with Gasteiger partial charge in [0.05, 0.1) is 58.6 Å². The molecule has 0 fully saturated rings. The van der Waals surface area contributed by atoms with Gasteiger partial charge in [0.1, 0.15) is 5.75 Å². The van der Waals surface area contributed by atoms with Gasteiger partial charge in [-0.05, 0) is 75.6 Å². The molecular weight excluding hydrogens is 562 g/mol. The van der Waals surface area contributed by atoms with Crippen LogP contribution in [0.5, 0.6) is 40.2 Å². The number of aliphatic hydroxyl groups excluding tert-OH is 1. The third-order valence-corrected chi connectivity index (χ3v) is 7.72. The molecule has 0 aliphatic carbocycles. The molecule has 44 heavy (non-hydrogen) atoms. The lowest BCUT2D eigenvalue weighted by atomic mass is 9.89. The summed E-state index contributed by atoms with van der Waals surface area (Å²) in [6.45, 7) is 8.10. The molecule has 2 N–H and O–H groups in total. The predicted octanol–water partition coefficient (Wildman–Crippen LogP) is 6.85. The number of hydrogen-bond donors (Lipinski definition) is 2. The number of methoxy groups -OCH3 is 4. The second kappa shape index (κ2) is 12.6. The molecule has 1 aliphatic rings. The molecule has 0 radical (unpaired) electrons. The zero-order valence-electron chi connectivity index (χ0n) is 26.6. The van der Waals surface area contributed by atoms with E-state index in [0.717, 1.165) is 27.9 Å². The summed E-state index contributed by atoms with van der Waals surface area (Å²) in [5.74, 6) is 3.33. The van der Waals surface area contributed by atoms with Crippen LogP contribution in [0.15, 0.2) is 42.5 Å². The Morgan fingerprint density at radius 1 is 0.682 bits per heavy atom. The highest BCUT2D eigenvalue weighted by Crippen LogP contribution is 2.53. The first kappa shape index (κ1) is 30.9. The Balaban J connectivity index is 1.88. The first-order valence-corrected chi connectivity index (χ1v) is 14.7. The third-order valence-electron chi connectivity index (χ3n) is 7.72. The second-order valence-electron chi connectivity index (χ2n) is 11.2. The maximum Gasteiger partial charge on any atom is 0.165 e. The van der Waals surface area contributed by atoms with Crippen LogP contribution in [0, 0.1) is 0 Å². The Morgan fingerprint density at radius 2 is 1.25 bits per heavy atom. The van der Waals surface area contributed by atoms with Gasteiger partial charge in [0.25, 0.3) is 0 Å². The number of hydrogen-bond acceptors (Lipinski definition) is 8. The maximum atomic E-state index is 11.5. The normalized spacial score (nSPS) is 12.2. The largest absolute Gasteiger partial charge is 0.507 e. The number of fused-ring (bicyclic) bond motifs is 3. The van der Waals surface area contributed by atoms with Gasteiger partial charge in [-0.25, -0.2) is 0 Å². The molecule has 2 heterocycles. The molecule has 0 saturated heterocycles. The van der Waals surface area contributed by atoms with Gasteiger partial charge in [-0.1, -0.05) is 6.07 Å².